The molecule has 2 aromatic carbocycles. The van der Waals surface area contributed by atoms with Crippen molar-refractivity contribution in [2.24, 2.45) is 7.05 Å². The molecule has 152 valence electrons. The van der Waals surface area contributed by atoms with Crippen molar-refractivity contribution < 1.29 is 4.79 Å². The highest BCUT2D eigenvalue weighted by Gasteiger charge is 2.20. The van der Waals surface area contributed by atoms with Crippen molar-refractivity contribution in [3.8, 4) is 11.4 Å². The summed E-state index contributed by atoms with van der Waals surface area (Å²) in [5.41, 5.74) is 4.27. The standard InChI is InChI=1S/C23H28N4OS/c1-15-9-7-8-10-19(15)24-21(28)16(2)29-22-26-25-20(27(22)6)17-11-13-18(14-12-17)23(3,4)5/h7-14,16H,1-6H3,(H,24,28). The molecule has 0 radical (unpaired) electrons. The number of benzene rings is 2. The lowest BCUT2D eigenvalue weighted by Crippen LogP contribution is -2.23. The van der Waals surface area contributed by atoms with Gasteiger partial charge in [-0.15, -0.1) is 10.2 Å². The molecule has 0 aliphatic rings. The molecular formula is C23H28N4OS. The van der Waals surface area contributed by atoms with Gasteiger partial charge in [0, 0.05) is 18.3 Å². The maximum Gasteiger partial charge on any atom is 0.237 e. The summed E-state index contributed by atoms with van der Waals surface area (Å²) in [7, 11) is 1.93. The number of hydrogen-bond donors (Lipinski definition) is 1. The van der Waals surface area contributed by atoms with Crippen LogP contribution in [-0.2, 0) is 17.3 Å². The fourth-order valence-electron chi connectivity index (χ4n) is 2.95. The van der Waals surface area contributed by atoms with Crippen LogP contribution in [0.3, 0.4) is 0 Å². The number of hydrogen-bond acceptors (Lipinski definition) is 4. The molecule has 1 amide bonds. The lowest BCUT2D eigenvalue weighted by molar-refractivity contribution is -0.115. The zero-order chi connectivity index (χ0) is 21.2. The van der Waals surface area contributed by atoms with Crippen molar-refractivity contribution in [3.05, 3.63) is 59.7 Å². The third kappa shape index (κ3) is 4.88. The Balaban J connectivity index is 1.72. The number of thioether (sulfide) groups is 1. The lowest BCUT2D eigenvalue weighted by atomic mass is 9.87. The molecule has 6 heteroatoms. The molecule has 0 spiro atoms. The van der Waals surface area contributed by atoms with Crippen LogP contribution in [0, 0.1) is 6.92 Å². The van der Waals surface area contributed by atoms with Crippen LogP contribution in [0.25, 0.3) is 11.4 Å². The van der Waals surface area contributed by atoms with E-state index in [1.54, 1.807) is 0 Å². The van der Waals surface area contributed by atoms with E-state index in [-0.39, 0.29) is 16.6 Å². The number of carbonyl (C=O) groups is 1. The maximum absolute atomic E-state index is 12.6. The molecular weight excluding hydrogens is 380 g/mol. The van der Waals surface area contributed by atoms with Gasteiger partial charge >= 0.3 is 0 Å². The molecule has 5 nitrogen and oxygen atoms in total. The van der Waals surface area contributed by atoms with Gasteiger partial charge in [-0.3, -0.25) is 4.79 Å². The molecule has 0 aliphatic heterocycles. The van der Waals surface area contributed by atoms with Crippen molar-refractivity contribution in [1.29, 1.82) is 0 Å². The maximum atomic E-state index is 12.6. The molecule has 0 aliphatic carbocycles. The molecule has 1 N–H and O–H groups in total. The minimum absolute atomic E-state index is 0.0524. The Hall–Kier alpha value is -2.60. The van der Waals surface area contributed by atoms with E-state index in [0.717, 1.165) is 22.6 Å². The fraction of sp³-hybridized carbons (Fsp3) is 0.348. The number of carbonyl (C=O) groups excluding carboxylic acids is 1. The molecule has 3 rings (SSSR count). The van der Waals surface area contributed by atoms with E-state index in [0.29, 0.717) is 5.16 Å². The molecule has 0 saturated carbocycles. The number of aromatic nitrogens is 3. The van der Waals surface area contributed by atoms with Gasteiger partial charge in [0.1, 0.15) is 0 Å². The summed E-state index contributed by atoms with van der Waals surface area (Å²) in [5, 5.41) is 12.1. The highest BCUT2D eigenvalue weighted by atomic mass is 32.2. The van der Waals surface area contributed by atoms with Crippen LogP contribution in [0.5, 0.6) is 0 Å². The first-order chi connectivity index (χ1) is 13.7. The summed E-state index contributed by atoms with van der Waals surface area (Å²) < 4.78 is 1.94. The second kappa shape index (κ2) is 8.41. The molecule has 1 heterocycles. The number of amides is 1. The Bertz CT molecular complexity index is 1000. The van der Waals surface area contributed by atoms with Crippen LogP contribution in [0.15, 0.2) is 53.7 Å². The Morgan fingerprint density at radius 3 is 2.34 bits per heavy atom. The predicted octanol–water partition coefficient (Wildman–Crippen LogP) is 5.21. The minimum atomic E-state index is -0.298. The van der Waals surface area contributed by atoms with Gasteiger partial charge < -0.3 is 9.88 Å². The Kier molecular flexibility index (Phi) is 6.13. The highest BCUT2D eigenvalue weighted by molar-refractivity contribution is 8.00. The Labute approximate surface area is 176 Å². The van der Waals surface area contributed by atoms with Crippen LogP contribution in [0.1, 0.15) is 38.8 Å². The Morgan fingerprint density at radius 2 is 1.72 bits per heavy atom. The summed E-state index contributed by atoms with van der Waals surface area (Å²) in [4.78, 5) is 12.6. The van der Waals surface area contributed by atoms with E-state index >= 15 is 0 Å². The van der Waals surface area contributed by atoms with Crippen LogP contribution in [0.4, 0.5) is 5.69 Å². The third-order valence-electron chi connectivity index (χ3n) is 4.90. The largest absolute Gasteiger partial charge is 0.325 e. The van der Waals surface area contributed by atoms with Gasteiger partial charge in [0.2, 0.25) is 5.91 Å². The fourth-order valence-corrected chi connectivity index (χ4v) is 3.76. The molecule has 0 fully saturated rings. The van der Waals surface area contributed by atoms with Crippen LogP contribution in [0.2, 0.25) is 0 Å². The van der Waals surface area contributed by atoms with Crippen molar-refractivity contribution >= 4 is 23.4 Å². The van der Waals surface area contributed by atoms with Gasteiger partial charge in [0.25, 0.3) is 0 Å². The number of aryl methyl sites for hydroxylation is 1. The molecule has 0 saturated heterocycles. The summed E-state index contributed by atoms with van der Waals surface area (Å²) in [6.07, 6.45) is 0. The third-order valence-corrected chi connectivity index (χ3v) is 6.03. The first kappa shape index (κ1) is 21.1. The number of nitrogens with zero attached hydrogens (tertiary/aromatic N) is 3. The Morgan fingerprint density at radius 1 is 1.07 bits per heavy atom. The van der Waals surface area contributed by atoms with E-state index in [1.165, 1.54) is 17.3 Å². The summed E-state index contributed by atoms with van der Waals surface area (Å²) in [6, 6.07) is 16.2. The molecule has 29 heavy (non-hydrogen) atoms. The highest BCUT2D eigenvalue weighted by Crippen LogP contribution is 2.28. The van der Waals surface area contributed by atoms with Crippen molar-refractivity contribution in [3.63, 3.8) is 0 Å². The average molecular weight is 409 g/mol. The number of rotatable bonds is 5. The molecule has 0 bridgehead atoms. The number of nitrogens with one attached hydrogen (secondary N) is 1. The van der Waals surface area contributed by atoms with E-state index in [4.69, 9.17) is 0 Å². The topological polar surface area (TPSA) is 59.8 Å². The number of para-hydroxylation sites is 1. The van der Waals surface area contributed by atoms with Gasteiger partial charge in [0.15, 0.2) is 11.0 Å². The zero-order valence-corrected chi connectivity index (χ0v) is 18.7. The number of anilines is 1. The van der Waals surface area contributed by atoms with E-state index in [9.17, 15) is 4.79 Å². The van der Waals surface area contributed by atoms with Gasteiger partial charge in [-0.1, -0.05) is 75.0 Å². The van der Waals surface area contributed by atoms with Gasteiger partial charge in [-0.05, 0) is 36.5 Å². The van der Waals surface area contributed by atoms with Gasteiger partial charge in [-0.2, -0.15) is 0 Å². The van der Waals surface area contributed by atoms with Crippen molar-refractivity contribution in [1.82, 2.24) is 14.8 Å². The quantitative estimate of drug-likeness (QED) is 0.589. The lowest BCUT2D eigenvalue weighted by Gasteiger charge is -2.19. The van der Waals surface area contributed by atoms with Crippen LogP contribution in [-0.4, -0.2) is 25.9 Å². The predicted molar refractivity (Wildman–Crippen MR) is 120 cm³/mol. The molecule has 1 atom stereocenters. The summed E-state index contributed by atoms with van der Waals surface area (Å²) in [5.74, 6) is 0.739. The second-order valence-corrected chi connectivity index (χ2v) is 9.56. The second-order valence-electron chi connectivity index (χ2n) is 8.26. The van der Waals surface area contributed by atoms with Crippen molar-refractivity contribution in [2.45, 2.75) is 50.4 Å². The van der Waals surface area contributed by atoms with Crippen molar-refractivity contribution in [2.75, 3.05) is 5.32 Å². The normalized spacial score (nSPS) is 12.6. The minimum Gasteiger partial charge on any atom is -0.325 e. The van der Waals surface area contributed by atoms with Gasteiger partial charge in [0.05, 0.1) is 5.25 Å². The molecule has 3 aromatic rings. The molecule has 1 aromatic heterocycles. The SMILES string of the molecule is Cc1ccccc1NC(=O)C(C)Sc1nnc(-c2ccc(C(C)(C)C)cc2)n1C. The van der Waals surface area contributed by atoms with E-state index in [1.807, 2.05) is 49.7 Å². The van der Waals surface area contributed by atoms with Crippen LogP contribution >= 0.6 is 11.8 Å². The summed E-state index contributed by atoms with van der Waals surface area (Å²) in [6.45, 7) is 10.4. The first-order valence-corrected chi connectivity index (χ1v) is 10.6. The van der Waals surface area contributed by atoms with Gasteiger partial charge in [-0.25, -0.2) is 0 Å². The van der Waals surface area contributed by atoms with E-state index in [2.05, 4.69) is 60.6 Å². The summed E-state index contributed by atoms with van der Waals surface area (Å²) >= 11 is 1.40. The van der Waals surface area contributed by atoms with E-state index < -0.39 is 0 Å². The first-order valence-electron chi connectivity index (χ1n) is 9.70. The molecule has 1 unspecified atom stereocenters. The zero-order valence-electron chi connectivity index (χ0n) is 17.9. The monoisotopic (exact) mass is 408 g/mol. The average Bonchev–Trinajstić information content (AvgIpc) is 3.03. The van der Waals surface area contributed by atoms with Crippen LogP contribution < -0.4 is 5.32 Å². The smallest absolute Gasteiger partial charge is 0.237 e.